The molecule has 32 heavy (non-hydrogen) atoms. The Balaban J connectivity index is 1.60. The predicted molar refractivity (Wildman–Crippen MR) is 118 cm³/mol. The molecule has 8 heteroatoms. The van der Waals surface area contributed by atoms with E-state index in [1.807, 2.05) is 16.9 Å². The van der Waals surface area contributed by atoms with E-state index in [2.05, 4.69) is 4.98 Å². The van der Waals surface area contributed by atoms with Crippen LogP contribution >= 0.6 is 0 Å². The number of para-hydroxylation sites is 1. The average Bonchev–Trinajstić information content (AvgIpc) is 3.18. The molecular weight excluding hydrogens is 434 g/mol. The number of fused-ring (bicyclic) bond motifs is 1. The van der Waals surface area contributed by atoms with Crippen LogP contribution in [0, 0.1) is 6.92 Å². The van der Waals surface area contributed by atoms with Crippen molar-refractivity contribution in [2.24, 2.45) is 0 Å². The number of aromatic nitrogens is 1. The second-order valence-corrected chi connectivity index (χ2v) is 9.07. The molecule has 4 rings (SSSR count). The number of carbonyl (C=O) groups excluding carboxylic acids is 1. The highest BCUT2D eigenvalue weighted by Gasteiger charge is 2.27. The standard InChI is InChI=1S/C24H20F2N2O3S/c1-15-6-2-5-9-21(15)32(30,31)28-24(29)17-12-10-16(11-13-17)22(23(25)26)19-14-27-20-8-4-3-7-18(19)20/h2-14,22-23,27H,1H3,(H,28,29). The molecule has 1 aromatic heterocycles. The van der Waals surface area contributed by atoms with E-state index in [1.54, 1.807) is 43.5 Å². The van der Waals surface area contributed by atoms with Gasteiger partial charge in [0.25, 0.3) is 15.9 Å². The minimum Gasteiger partial charge on any atom is -0.361 e. The van der Waals surface area contributed by atoms with E-state index >= 15 is 0 Å². The Hall–Kier alpha value is -3.52. The van der Waals surface area contributed by atoms with Crippen LogP contribution in [0.15, 0.2) is 83.9 Å². The molecule has 0 bridgehead atoms. The fourth-order valence-corrected chi connectivity index (χ4v) is 4.97. The molecule has 0 aliphatic heterocycles. The molecular formula is C24H20F2N2O3S. The van der Waals surface area contributed by atoms with Gasteiger partial charge in [-0.1, -0.05) is 48.5 Å². The van der Waals surface area contributed by atoms with Gasteiger partial charge in [0, 0.05) is 22.7 Å². The maximum atomic E-state index is 14.0. The third kappa shape index (κ3) is 4.13. The van der Waals surface area contributed by atoms with E-state index in [4.69, 9.17) is 0 Å². The molecule has 0 saturated carbocycles. The van der Waals surface area contributed by atoms with Crippen molar-refractivity contribution in [3.63, 3.8) is 0 Å². The summed E-state index contributed by atoms with van der Waals surface area (Å²) in [6.07, 6.45) is -1.10. The zero-order chi connectivity index (χ0) is 22.9. The Morgan fingerprint density at radius 2 is 1.59 bits per heavy atom. The topological polar surface area (TPSA) is 79.0 Å². The molecule has 0 saturated heterocycles. The quantitative estimate of drug-likeness (QED) is 0.431. The van der Waals surface area contributed by atoms with Crippen molar-refractivity contribution in [3.05, 3.63) is 101 Å². The number of halogens is 2. The van der Waals surface area contributed by atoms with Crippen molar-refractivity contribution in [1.82, 2.24) is 9.71 Å². The van der Waals surface area contributed by atoms with Crippen LogP contribution < -0.4 is 4.72 Å². The third-order valence-electron chi connectivity index (χ3n) is 5.35. The second kappa shape index (κ2) is 8.55. The van der Waals surface area contributed by atoms with Crippen LogP contribution in [0.4, 0.5) is 8.78 Å². The summed E-state index contributed by atoms with van der Waals surface area (Å²) in [6.45, 7) is 1.63. The molecule has 1 amide bonds. The highest BCUT2D eigenvalue weighted by atomic mass is 32.2. The van der Waals surface area contributed by atoms with Gasteiger partial charge in [-0.15, -0.1) is 0 Å². The lowest BCUT2D eigenvalue weighted by Gasteiger charge is -2.17. The van der Waals surface area contributed by atoms with Crippen molar-refractivity contribution in [1.29, 1.82) is 0 Å². The van der Waals surface area contributed by atoms with Crippen LogP contribution in [0.3, 0.4) is 0 Å². The van der Waals surface area contributed by atoms with E-state index in [0.29, 0.717) is 22.1 Å². The van der Waals surface area contributed by atoms with Gasteiger partial charge in [0.15, 0.2) is 0 Å². The van der Waals surface area contributed by atoms with Gasteiger partial charge in [-0.25, -0.2) is 21.9 Å². The smallest absolute Gasteiger partial charge is 0.264 e. The monoisotopic (exact) mass is 454 g/mol. The lowest BCUT2D eigenvalue weighted by molar-refractivity contribution is 0.0981. The number of nitrogens with one attached hydrogen (secondary N) is 2. The first-order valence-corrected chi connectivity index (χ1v) is 11.3. The van der Waals surface area contributed by atoms with Crippen molar-refractivity contribution < 1.29 is 22.0 Å². The number of sulfonamides is 1. The van der Waals surface area contributed by atoms with Crippen molar-refractivity contribution >= 4 is 26.8 Å². The van der Waals surface area contributed by atoms with Crippen LogP contribution in [0.2, 0.25) is 0 Å². The molecule has 1 unspecified atom stereocenters. The zero-order valence-electron chi connectivity index (χ0n) is 17.0. The number of aromatic amines is 1. The van der Waals surface area contributed by atoms with Gasteiger partial charge in [-0.05, 0) is 47.9 Å². The molecule has 164 valence electrons. The Morgan fingerprint density at radius 3 is 2.28 bits per heavy atom. The van der Waals surface area contributed by atoms with Gasteiger partial charge < -0.3 is 4.98 Å². The first kappa shape index (κ1) is 21.7. The maximum absolute atomic E-state index is 14.0. The van der Waals surface area contributed by atoms with Gasteiger partial charge in [0.05, 0.1) is 10.8 Å². The summed E-state index contributed by atoms with van der Waals surface area (Å²) < 4.78 is 55.1. The lowest BCUT2D eigenvalue weighted by atomic mass is 9.91. The minimum atomic E-state index is -4.06. The summed E-state index contributed by atoms with van der Waals surface area (Å²) in [5.41, 5.74) is 2.09. The number of hydrogen-bond donors (Lipinski definition) is 2. The molecule has 4 aromatic rings. The van der Waals surface area contributed by atoms with Gasteiger partial charge >= 0.3 is 0 Å². The van der Waals surface area contributed by atoms with E-state index in [9.17, 15) is 22.0 Å². The van der Waals surface area contributed by atoms with Gasteiger partial charge in [-0.2, -0.15) is 0 Å². The minimum absolute atomic E-state index is 0.00192. The van der Waals surface area contributed by atoms with Gasteiger partial charge in [0.1, 0.15) is 0 Å². The predicted octanol–water partition coefficient (Wildman–Crippen LogP) is 4.99. The number of benzene rings is 3. The Labute approximate surface area is 184 Å². The average molecular weight is 454 g/mol. The van der Waals surface area contributed by atoms with E-state index in [0.717, 1.165) is 5.52 Å². The number of aryl methyl sites for hydroxylation is 1. The van der Waals surface area contributed by atoms with Crippen molar-refractivity contribution in [2.45, 2.75) is 24.2 Å². The number of H-pyrrole nitrogens is 1. The first-order chi connectivity index (χ1) is 15.3. The van der Waals surface area contributed by atoms with Crippen LogP contribution in [0.1, 0.15) is 33.0 Å². The second-order valence-electron chi connectivity index (χ2n) is 7.42. The van der Waals surface area contributed by atoms with Crippen molar-refractivity contribution in [2.75, 3.05) is 0 Å². The Morgan fingerprint density at radius 1 is 0.938 bits per heavy atom. The molecule has 1 heterocycles. The molecule has 0 spiro atoms. The first-order valence-electron chi connectivity index (χ1n) is 9.85. The summed E-state index contributed by atoms with van der Waals surface area (Å²) >= 11 is 0. The maximum Gasteiger partial charge on any atom is 0.264 e. The highest BCUT2D eigenvalue weighted by Crippen LogP contribution is 2.35. The number of amides is 1. The SMILES string of the molecule is Cc1ccccc1S(=O)(=O)NC(=O)c1ccc(C(c2c[nH]c3ccccc23)C(F)F)cc1. The molecule has 3 aromatic carbocycles. The fraction of sp³-hybridized carbons (Fsp3) is 0.125. The summed E-state index contributed by atoms with van der Waals surface area (Å²) in [5, 5.41) is 0.698. The molecule has 2 N–H and O–H groups in total. The fourth-order valence-electron chi connectivity index (χ4n) is 3.75. The van der Waals surface area contributed by atoms with Crippen LogP contribution in [-0.4, -0.2) is 25.7 Å². The summed E-state index contributed by atoms with van der Waals surface area (Å²) in [6, 6.07) is 19.0. The lowest BCUT2D eigenvalue weighted by Crippen LogP contribution is -2.31. The van der Waals surface area contributed by atoms with Crippen molar-refractivity contribution in [3.8, 4) is 0 Å². The number of alkyl halides is 2. The van der Waals surface area contributed by atoms with E-state index in [1.165, 1.54) is 30.3 Å². The van der Waals surface area contributed by atoms with Crippen LogP contribution in [0.5, 0.6) is 0 Å². The largest absolute Gasteiger partial charge is 0.361 e. The Kier molecular flexibility index (Phi) is 5.80. The third-order valence-corrected chi connectivity index (χ3v) is 6.84. The van der Waals surface area contributed by atoms with E-state index < -0.39 is 28.3 Å². The molecule has 1 atom stereocenters. The summed E-state index contributed by atoms with van der Waals surface area (Å²) in [7, 11) is -4.06. The normalized spacial score (nSPS) is 12.8. The van der Waals surface area contributed by atoms with Crippen LogP contribution in [0.25, 0.3) is 10.9 Å². The summed E-state index contributed by atoms with van der Waals surface area (Å²) in [5.74, 6) is -2.03. The van der Waals surface area contributed by atoms with E-state index in [-0.39, 0.29) is 10.5 Å². The number of carbonyl (C=O) groups is 1. The van der Waals surface area contributed by atoms with Gasteiger partial charge in [0.2, 0.25) is 6.43 Å². The molecule has 5 nitrogen and oxygen atoms in total. The zero-order valence-corrected chi connectivity index (χ0v) is 17.9. The molecule has 0 fully saturated rings. The number of rotatable bonds is 6. The Bertz CT molecular complexity index is 1380. The van der Waals surface area contributed by atoms with Gasteiger partial charge in [-0.3, -0.25) is 4.79 Å². The molecule has 0 radical (unpaired) electrons. The molecule has 0 aliphatic carbocycles. The molecule has 0 aliphatic rings. The number of hydrogen-bond acceptors (Lipinski definition) is 3. The van der Waals surface area contributed by atoms with Crippen LogP contribution in [-0.2, 0) is 10.0 Å². The summed E-state index contributed by atoms with van der Waals surface area (Å²) in [4.78, 5) is 15.5. The highest BCUT2D eigenvalue weighted by molar-refractivity contribution is 7.90.